The Bertz CT molecular complexity index is 372. The molecule has 0 spiro atoms. The molecule has 1 aliphatic rings. The van der Waals surface area contributed by atoms with Crippen LogP contribution in [0.25, 0.3) is 0 Å². The van der Waals surface area contributed by atoms with E-state index < -0.39 is 0 Å². The number of amides is 1. The fourth-order valence-corrected chi connectivity index (χ4v) is 2.05. The van der Waals surface area contributed by atoms with Gasteiger partial charge in [0.25, 0.3) is 5.91 Å². The molecular weight excluding hydrogens is 202 g/mol. The van der Waals surface area contributed by atoms with Gasteiger partial charge in [-0.3, -0.25) is 4.79 Å². The Morgan fingerprint density at radius 3 is 2.88 bits per heavy atom. The summed E-state index contributed by atoms with van der Waals surface area (Å²) >= 11 is 0. The predicted octanol–water partition coefficient (Wildman–Crippen LogP) is 1.80. The van der Waals surface area contributed by atoms with Crippen molar-refractivity contribution in [3.05, 3.63) is 23.9 Å². The maximum atomic E-state index is 11.9. The standard InChI is InChI=1S/C12H17N3O/c1-13-11-8-9(6-7-14-11)12(16)15-10-4-2-3-5-10/h6-8,10H,2-5H2,1H3,(H,13,14)(H,15,16). The first-order chi connectivity index (χ1) is 7.79. The van der Waals surface area contributed by atoms with Crippen LogP contribution in [0, 0.1) is 0 Å². The summed E-state index contributed by atoms with van der Waals surface area (Å²) in [5.74, 6) is 0.727. The van der Waals surface area contributed by atoms with E-state index in [1.807, 2.05) is 0 Å². The third-order valence-electron chi connectivity index (χ3n) is 2.97. The molecule has 0 bridgehead atoms. The second kappa shape index (κ2) is 4.96. The van der Waals surface area contributed by atoms with Gasteiger partial charge in [-0.1, -0.05) is 12.8 Å². The molecule has 1 aromatic heterocycles. The average Bonchev–Trinajstić information content (AvgIpc) is 2.82. The van der Waals surface area contributed by atoms with Crippen LogP contribution in [0.4, 0.5) is 5.82 Å². The lowest BCUT2D eigenvalue weighted by atomic mass is 10.2. The van der Waals surface area contributed by atoms with Crippen LogP contribution in [0.1, 0.15) is 36.0 Å². The van der Waals surface area contributed by atoms with Crippen molar-refractivity contribution in [2.24, 2.45) is 0 Å². The van der Waals surface area contributed by atoms with Crippen LogP contribution in [0.2, 0.25) is 0 Å². The first-order valence-corrected chi connectivity index (χ1v) is 5.74. The van der Waals surface area contributed by atoms with E-state index in [0.717, 1.165) is 18.7 Å². The second-order valence-electron chi connectivity index (χ2n) is 4.13. The molecule has 0 aromatic carbocycles. The minimum absolute atomic E-state index is 0.00537. The summed E-state index contributed by atoms with van der Waals surface area (Å²) in [6.45, 7) is 0. The first-order valence-electron chi connectivity index (χ1n) is 5.74. The number of hydrogen-bond acceptors (Lipinski definition) is 3. The summed E-state index contributed by atoms with van der Waals surface area (Å²) < 4.78 is 0. The van der Waals surface area contributed by atoms with E-state index in [2.05, 4.69) is 15.6 Å². The molecule has 2 rings (SSSR count). The van der Waals surface area contributed by atoms with Crippen LogP contribution in [-0.2, 0) is 0 Å². The molecule has 4 nitrogen and oxygen atoms in total. The van der Waals surface area contributed by atoms with Crippen molar-refractivity contribution in [2.45, 2.75) is 31.7 Å². The highest BCUT2D eigenvalue weighted by Gasteiger charge is 2.17. The molecule has 16 heavy (non-hydrogen) atoms. The van der Waals surface area contributed by atoms with Crippen molar-refractivity contribution in [3.63, 3.8) is 0 Å². The molecule has 0 saturated heterocycles. The second-order valence-corrected chi connectivity index (χ2v) is 4.13. The molecular formula is C12H17N3O. The summed E-state index contributed by atoms with van der Waals surface area (Å²) in [5, 5.41) is 5.98. The maximum absolute atomic E-state index is 11.9. The molecule has 0 unspecified atom stereocenters. The van der Waals surface area contributed by atoms with Gasteiger partial charge in [0.1, 0.15) is 5.82 Å². The van der Waals surface area contributed by atoms with Gasteiger partial charge >= 0.3 is 0 Å². The Kier molecular flexibility index (Phi) is 3.39. The number of rotatable bonds is 3. The highest BCUT2D eigenvalue weighted by Crippen LogP contribution is 2.18. The van der Waals surface area contributed by atoms with E-state index in [9.17, 15) is 4.79 Å². The van der Waals surface area contributed by atoms with Crippen molar-refractivity contribution >= 4 is 11.7 Å². The molecule has 1 fully saturated rings. The Morgan fingerprint density at radius 2 is 2.19 bits per heavy atom. The number of aromatic nitrogens is 1. The molecule has 2 N–H and O–H groups in total. The smallest absolute Gasteiger partial charge is 0.251 e. The van der Waals surface area contributed by atoms with Gasteiger partial charge in [-0.2, -0.15) is 0 Å². The normalized spacial score (nSPS) is 16.1. The third-order valence-corrected chi connectivity index (χ3v) is 2.97. The van der Waals surface area contributed by atoms with E-state index in [1.165, 1.54) is 12.8 Å². The third kappa shape index (κ3) is 2.51. The molecule has 86 valence electrons. The predicted molar refractivity (Wildman–Crippen MR) is 63.5 cm³/mol. The largest absolute Gasteiger partial charge is 0.373 e. The van der Waals surface area contributed by atoms with Gasteiger partial charge in [0.15, 0.2) is 0 Å². The Hall–Kier alpha value is -1.58. The Labute approximate surface area is 95.5 Å². The van der Waals surface area contributed by atoms with Gasteiger partial charge in [0.05, 0.1) is 0 Å². The summed E-state index contributed by atoms with van der Waals surface area (Å²) in [4.78, 5) is 16.0. The number of nitrogens with one attached hydrogen (secondary N) is 2. The van der Waals surface area contributed by atoms with Crippen molar-refractivity contribution in [1.29, 1.82) is 0 Å². The Morgan fingerprint density at radius 1 is 1.44 bits per heavy atom. The number of anilines is 1. The summed E-state index contributed by atoms with van der Waals surface area (Å²) in [5.41, 5.74) is 0.672. The zero-order valence-corrected chi connectivity index (χ0v) is 9.49. The molecule has 1 saturated carbocycles. The van der Waals surface area contributed by atoms with Gasteiger partial charge in [-0.05, 0) is 25.0 Å². The van der Waals surface area contributed by atoms with E-state index in [0.29, 0.717) is 11.6 Å². The molecule has 1 heterocycles. The van der Waals surface area contributed by atoms with E-state index in [-0.39, 0.29) is 5.91 Å². The highest BCUT2D eigenvalue weighted by molar-refractivity contribution is 5.94. The summed E-state index contributed by atoms with van der Waals surface area (Å²) in [6, 6.07) is 3.87. The van der Waals surface area contributed by atoms with E-state index in [1.54, 1.807) is 25.4 Å². The van der Waals surface area contributed by atoms with Crippen LogP contribution in [0.5, 0.6) is 0 Å². The maximum Gasteiger partial charge on any atom is 0.251 e. The minimum Gasteiger partial charge on any atom is -0.373 e. The Balaban J connectivity index is 2.01. The number of pyridine rings is 1. The van der Waals surface area contributed by atoms with Gasteiger partial charge in [0.2, 0.25) is 0 Å². The number of hydrogen-bond donors (Lipinski definition) is 2. The lowest BCUT2D eigenvalue weighted by Gasteiger charge is -2.12. The van der Waals surface area contributed by atoms with Gasteiger partial charge < -0.3 is 10.6 Å². The fraction of sp³-hybridized carbons (Fsp3) is 0.500. The zero-order chi connectivity index (χ0) is 11.4. The topological polar surface area (TPSA) is 54.0 Å². The summed E-state index contributed by atoms with van der Waals surface area (Å²) in [7, 11) is 1.79. The van der Waals surface area contributed by atoms with Crippen molar-refractivity contribution in [3.8, 4) is 0 Å². The van der Waals surface area contributed by atoms with E-state index >= 15 is 0 Å². The zero-order valence-electron chi connectivity index (χ0n) is 9.49. The molecule has 1 aromatic rings. The number of nitrogens with zero attached hydrogens (tertiary/aromatic N) is 1. The van der Waals surface area contributed by atoms with Crippen LogP contribution in [0.3, 0.4) is 0 Å². The van der Waals surface area contributed by atoms with Crippen molar-refractivity contribution < 1.29 is 4.79 Å². The molecule has 0 aliphatic heterocycles. The highest BCUT2D eigenvalue weighted by atomic mass is 16.1. The molecule has 1 aliphatic carbocycles. The van der Waals surface area contributed by atoms with Gasteiger partial charge in [-0.25, -0.2) is 4.98 Å². The molecule has 4 heteroatoms. The lowest BCUT2D eigenvalue weighted by Crippen LogP contribution is -2.32. The monoisotopic (exact) mass is 219 g/mol. The minimum atomic E-state index is 0.00537. The molecule has 0 radical (unpaired) electrons. The average molecular weight is 219 g/mol. The van der Waals surface area contributed by atoms with Crippen molar-refractivity contribution in [1.82, 2.24) is 10.3 Å². The van der Waals surface area contributed by atoms with Crippen LogP contribution >= 0.6 is 0 Å². The van der Waals surface area contributed by atoms with Gasteiger partial charge in [-0.15, -0.1) is 0 Å². The van der Waals surface area contributed by atoms with E-state index in [4.69, 9.17) is 0 Å². The van der Waals surface area contributed by atoms with Gasteiger partial charge in [0, 0.05) is 24.8 Å². The number of carbonyl (C=O) groups excluding carboxylic acids is 1. The fourth-order valence-electron chi connectivity index (χ4n) is 2.05. The lowest BCUT2D eigenvalue weighted by molar-refractivity contribution is 0.0938. The number of carbonyl (C=O) groups is 1. The SMILES string of the molecule is CNc1cc(C(=O)NC2CCCC2)ccn1. The summed E-state index contributed by atoms with van der Waals surface area (Å²) in [6.07, 6.45) is 6.31. The van der Waals surface area contributed by atoms with Crippen molar-refractivity contribution in [2.75, 3.05) is 12.4 Å². The van der Waals surface area contributed by atoms with Crippen LogP contribution in [0.15, 0.2) is 18.3 Å². The molecule has 0 atom stereocenters. The quantitative estimate of drug-likeness (QED) is 0.815. The van der Waals surface area contributed by atoms with Crippen LogP contribution < -0.4 is 10.6 Å². The molecule has 1 amide bonds. The van der Waals surface area contributed by atoms with Crippen LogP contribution in [-0.4, -0.2) is 24.0 Å². The first kappa shape index (κ1) is 10.9.